The molecule has 0 spiro atoms. The van der Waals surface area contributed by atoms with Crippen molar-refractivity contribution >= 4 is 45.6 Å². The first-order valence-corrected chi connectivity index (χ1v) is 10.9. The maximum Gasteiger partial charge on any atom is 0.259 e. The van der Waals surface area contributed by atoms with Crippen molar-refractivity contribution in [3.63, 3.8) is 0 Å². The molecule has 4 aromatic rings. The number of thiophene rings is 1. The number of anilines is 2. The first-order chi connectivity index (χ1) is 15.0. The molecule has 0 aliphatic carbocycles. The largest absolute Gasteiger partial charge is 0.335 e. The first-order valence-electron chi connectivity index (χ1n) is 10.1. The van der Waals surface area contributed by atoms with E-state index in [2.05, 4.69) is 15.5 Å². The molecule has 8 heteroatoms. The number of nitrogens with one attached hydrogen (secondary N) is 1. The molecule has 0 radical (unpaired) electrons. The summed E-state index contributed by atoms with van der Waals surface area (Å²) in [6.45, 7) is 4.51. The van der Waals surface area contributed by atoms with Crippen LogP contribution in [0.2, 0.25) is 0 Å². The summed E-state index contributed by atoms with van der Waals surface area (Å²) in [6, 6.07) is 13.1. The van der Waals surface area contributed by atoms with Gasteiger partial charge in [-0.05, 0) is 56.7 Å². The van der Waals surface area contributed by atoms with Gasteiger partial charge in [-0.3, -0.25) is 9.59 Å². The third kappa shape index (κ3) is 3.59. The van der Waals surface area contributed by atoms with Gasteiger partial charge >= 0.3 is 0 Å². The Kier molecular flexibility index (Phi) is 4.78. The molecule has 1 aliphatic rings. The molecule has 1 N–H and O–H groups in total. The predicted molar refractivity (Wildman–Crippen MR) is 121 cm³/mol. The molecule has 1 fully saturated rings. The van der Waals surface area contributed by atoms with E-state index in [0.29, 0.717) is 46.7 Å². The Bertz CT molecular complexity index is 1320. The van der Waals surface area contributed by atoms with Crippen LogP contribution in [0.5, 0.6) is 0 Å². The molecular formula is C23H20N4O3S. The fourth-order valence-electron chi connectivity index (χ4n) is 3.84. The van der Waals surface area contributed by atoms with Crippen molar-refractivity contribution in [2.24, 2.45) is 0 Å². The van der Waals surface area contributed by atoms with Crippen molar-refractivity contribution in [2.75, 3.05) is 16.8 Å². The van der Waals surface area contributed by atoms with Crippen LogP contribution >= 0.6 is 11.3 Å². The maximum atomic E-state index is 13.3. The van der Waals surface area contributed by atoms with Gasteiger partial charge in [0.05, 0.1) is 27.2 Å². The Morgan fingerprint density at radius 1 is 1.19 bits per heavy atom. The van der Waals surface area contributed by atoms with Gasteiger partial charge in [-0.1, -0.05) is 11.2 Å². The van der Waals surface area contributed by atoms with Crippen molar-refractivity contribution in [2.45, 2.75) is 26.7 Å². The fraction of sp³-hybridized carbons (Fsp3) is 0.217. The molecule has 31 heavy (non-hydrogen) atoms. The summed E-state index contributed by atoms with van der Waals surface area (Å²) in [4.78, 5) is 33.8. The number of fused-ring (bicyclic) bond motifs is 1. The second kappa shape index (κ2) is 7.63. The van der Waals surface area contributed by atoms with Crippen LogP contribution in [0.4, 0.5) is 11.4 Å². The Labute approximate surface area is 182 Å². The van der Waals surface area contributed by atoms with Gasteiger partial charge in [0.15, 0.2) is 0 Å². The van der Waals surface area contributed by atoms with Crippen LogP contribution in [0, 0.1) is 13.8 Å². The lowest BCUT2D eigenvalue weighted by atomic mass is 10.1. The molecule has 3 aromatic heterocycles. The highest BCUT2D eigenvalue weighted by Gasteiger charge is 2.23. The van der Waals surface area contributed by atoms with Gasteiger partial charge in [-0.25, -0.2) is 4.98 Å². The lowest BCUT2D eigenvalue weighted by Gasteiger charge is -2.17. The molecular weight excluding hydrogens is 412 g/mol. The molecule has 0 saturated carbocycles. The second-order valence-corrected chi connectivity index (χ2v) is 8.85. The molecule has 5 rings (SSSR count). The molecule has 1 saturated heterocycles. The average Bonchev–Trinajstić information content (AvgIpc) is 3.48. The zero-order chi connectivity index (χ0) is 21.5. The van der Waals surface area contributed by atoms with E-state index in [1.54, 1.807) is 29.2 Å². The molecule has 0 bridgehead atoms. The van der Waals surface area contributed by atoms with Gasteiger partial charge in [0, 0.05) is 29.2 Å². The Balaban J connectivity index is 1.51. The predicted octanol–water partition coefficient (Wildman–Crippen LogP) is 4.95. The number of hydrogen-bond donors (Lipinski definition) is 1. The molecule has 156 valence electrons. The number of carbonyl (C=O) groups excluding carboxylic acids is 2. The summed E-state index contributed by atoms with van der Waals surface area (Å²) < 4.78 is 5.38. The highest BCUT2D eigenvalue weighted by molar-refractivity contribution is 7.15. The Morgan fingerprint density at radius 3 is 2.81 bits per heavy atom. The summed E-state index contributed by atoms with van der Waals surface area (Å²) in [5.41, 5.74) is 3.47. The molecule has 0 unspecified atom stereocenters. The van der Waals surface area contributed by atoms with E-state index in [1.807, 2.05) is 43.3 Å². The number of aryl methyl sites for hydroxylation is 2. The summed E-state index contributed by atoms with van der Waals surface area (Å²) in [6.07, 6.45) is 1.41. The van der Waals surface area contributed by atoms with Gasteiger partial charge in [-0.2, -0.15) is 0 Å². The van der Waals surface area contributed by atoms with E-state index in [-0.39, 0.29) is 11.8 Å². The van der Waals surface area contributed by atoms with Gasteiger partial charge in [-0.15, -0.1) is 11.3 Å². The molecule has 4 heterocycles. The molecule has 2 amide bonds. The van der Waals surface area contributed by atoms with Crippen LogP contribution in [0.25, 0.3) is 21.7 Å². The summed E-state index contributed by atoms with van der Waals surface area (Å²) in [7, 11) is 0. The number of hydrogen-bond acceptors (Lipinski definition) is 6. The second-order valence-electron chi connectivity index (χ2n) is 7.57. The molecule has 0 atom stereocenters. The van der Waals surface area contributed by atoms with E-state index in [9.17, 15) is 9.59 Å². The normalized spacial score (nSPS) is 13.9. The lowest BCUT2D eigenvalue weighted by molar-refractivity contribution is -0.117. The smallest absolute Gasteiger partial charge is 0.259 e. The number of benzene rings is 1. The van der Waals surface area contributed by atoms with E-state index in [0.717, 1.165) is 21.9 Å². The number of pyridine rings is 1. The van der Waals surface area contributed by atoms with Crippen molar-refractivity contribution in [1.82, 2.24) is 10.1 Å². The Hall–Kier alpha value is -3.52. The third-order valence-electron chi connectivity index (χ3n) is 5.34. The molecule has 1 aromatic carbocycles. The van der Waals surface area contributed by atoms with Crippen molar-refractivity contribution in [3.8, 4) is 10.6 Å². The number of nitrogens with zero attached hydrogens (tertiary/aromatic N) is 3. The van der Waals surface area contributed by atoms with Crippen LogP contribution in [0.15, 0.2) is 47.0 Å². The summed E-state index contributed by atoms with van der Waals surface area (Å²) >= 11 is 1.60. The van der Waals surface area contributed by atoms with Crippen molar-refractivity contribution in [1.29, 1.82) is 0 Å². The van der Waals surface area contributed by atoms with Crippen LogP contribution in [0.1, 0.15) is 33.8 Å². The zero-order valence-corrected chi connectivity index (χ0v) is 18.0. The van der Waals surface area contributed by atoms with E-state index >= 15 is 0 Å². The van der Waals surface area contributed by atoms with Crippen LogP contribution in [-0.4, -0.2) is 28.5 Å². The van der Waals surface area contributed by atoms with Crippen LogP contribution < -0.4 is 10.2 Å². The fourth-order valence-corrected chi connectivity index (χ4v) is 4.67. The van der Waals surface area contributed by atoms with E-state index < -0.39 is 0 Å². The first kappa shape index (κ1) is 19.4. The number of aromatic nitrogens is 2. The minimum Gasteiger partial charge on any atom is -0.335 e. The topological polar surface area (TPSA) is 88.3 Å². The van der Waals surface area contributed by atoms with E-state index in [4.69, 9.17) is 4.52 Å². The number of amides is 2. The van der Waals surface area contributed by atoms with Crippen LogP contribution in [0.3, 0.4) is 0 Å². The van der Waals surface area contributed by atoms with Gasteiger partial charge < -0.3 is 14.7 Å². The number of rotatable bonds is 4. The average molecular weight is 433 g/mol. The quantitative estimate of drug-likeness (QED) is 0.493. The molecule has 1 aliphatic heterocycles. The highest BCUT2D eigenvalue weighted by Crippen LogP contribution is 2.32. The summed E-state index contributed by atoms with van der Waals surface area (Å²) in [5, 5.41) is 7.56. The highest BCUT2D eigenvalue weighted by atomic mass is 32.1. The van der Waals surface area contributed by atoms with Gasteiger partial charge in [0.25, 0.3) is 11.6 Å². The van der Waals surface area contributed by atoms with Crippen molar-refractivity contribution in [3.05, 3.63) is 58.6 Å². The molecule has 7 nitrogen and oxygen atoms in total. The Morgan fingerprint density at radius 2 is 2.06 bits per heavy atom. The van der Waals surface area contributed by atoms with Crippen LogP contribution in [-0.2, 0) is 4.79 Å². The number of carbonyl (C=O) groups is 2. The monoisotopic (exact) mass is 432 g/mol. The van der Waals surface area contributed by atoms with Gasteiger partial charge in [0.2, 0.25) is 5.91 Å². The SMILES string of the molecule is Cc1ccc(-c2cc(C(=O)Nc3cccc(N4CCCC4=O)c3)c3c(C)noc3n2)s1. The minimum absolute atomic E-state index is 0.107. The lowest BCUT2D eigenvalue weighted by Crippen LogP contribution is -2.23. The zero-order valence-electron chi connectivity index (χ0n) is 17.1. The van der Waals surface area contributed by atoms with Gasteiger partial charge in [0.1, 0.15) is 0 Å². The minimum atomic E-state index is -0.280. The summed E-state index contributed by atoms with van der Waals surface area (Å²) in [5.74, 6) is -0.173. The van der Waals surface area contributed by atoms with Crippen molar-refractivity contribution < 1.29 is 14.1 Å². The third-order valence-corrected chi connectivity index (χ3v) is 6.37. The maximum absolute atomic E-state index is 13.3. The standard InChI is InChI=1S/C23H20N4O3S/c1-13-8-9-19(31-13)18-12-17(21-14(2)26-30-23(21)25-18)22(29)24-15-5-3-6-16(11-15)27-10-4-7-20(27)28/h3,5-6,8-9,11-12H,4,7,10H2,1-2H3,(H,24,29). The van der Waals surface area contributed by atoms with E-state index in [1.165, 1.54) is 0 Å².